The summed E-state index contributed by atoms with van der Waals surface area (Å²) in [6.45, 7) is 6.47. The summed E-state index contributed by atoms with van der Waals surface area (Å²) in [6.07, 6.45) is 6.13. The largest absolute Gasteiger partial charge is 0.496 e. The minimum atomic E-state index is 0.683. The molecule has 0 atom stereocenters. The van der Waals surface area contributed by atoms with Crippen LogP contribution in [0.1, 0.15) is 49.4 Å². The molecule has 2 fully saturated rings. The summed E-state index contributed by atoms with van der Waals surface area (Å²) in [5, 5.41) is 5.15. The lowest BCUT2D eigenvalue weighted by Gasteiger charge is -2.25. The van der Waals surface area contributed by atoms with Crippen LogP contribution in [0, 0.1) is 13.8 Å². The van der Waals surface area contributed by atoms with E-state index in [0.29, 0.717) is 12.1 Å². The second kappa shape index (κ2) is 7.22. The molecule has 5 heteroatoms. The molecule has 2 heterocycles. The Kier molecular flexibility index (Phi) is 4.64. The highest BCUT2D eigenvalue weighted by molar-refractivity contribution is 5.85. The molecule has 1 aromatic carbocycles. The van der Waals surface area contributed by atoms with E-state index in [2.05, 4.69) is 54.5 Å². The van der Waals surface area contributed by atoms with Crippen molar-refractivity contribution in [2.24, 2.45) is 0 Å². The van der Waals surface area contributed by atoms with Crippen molar-refractivity contribution in [3.63, 3.8) is 0 Å². The molecule has 30 heavy (non-hydrogen) atoms. The first-order valence-electron chi connectivity index (χ1n) is 11.1. The van der Waals surface area contributed by atoms with Crippen molar-refractivity contribution in [2.45, 2.75) is 65.0 Å². The van der Waals surface area contributed by atoms with Gasteiger partial charge >= 0.3 is 0 Å². The zero-order chi connectivity index (χ0) is 21.0. The first-order chi connectivity index (χ1) is 14.6. The molecule has 2 aliphatic rings. The van der Waals surface area contributed by atoms with Gasteiger partial charge in [-0.05, 0) is 75.3 Å². The van der Waals surface area contributed by atoms with Gasteiger partial charge in [0.2, 0.25) is 0 Å². The lowest BCUT2D eigenvalue weighted by Crippen LogP contribution is -2.28. The third kappa shape index (κ3) is 3.03. The third-order valence-electron chi connectivity index (χ3n) is 6.40. The van der Waals surface area contributed by atoms with Gasteiger partial charge in [0, 0.05) is 12.1 Å². The molecule has 158 valence electrons. The fourth-order valence-corrected chi connectivity index (χ4v) is 4.70. The Morgan fingerprint density at radius 2 is 1.60 bits per heavy atom. The number of fused-ring (bicyclic) bond motifs is 1. The number of ether oxygens (including phenoxy) is 2. The van der Waals surface area contributed by atoms with Gasteiger partial charge in [-0.1, -0.05) is 13.0 Å². The van der Waals surface area contributed by atoms with E-state index in [1.165, 1.54) is 48.1 Å². The number of aryl methyl sites for hydroxylation is 3. The van der Waals surface area contributed by atoms with Gasteiger partial charge in [-0.3, -0.25) is 0 Å². The van der Waals surface area contributed by atoms with Gasteiger partial charge in [-0.2, -0.15) is 5.10 Å². The van der Waals surface area contributed by atoms with Crippen LogP contribution in [0.3, 0.4) is 0 Å². The van der Waals surface area contributed by atoms with E-state index in [9.17, 15) is 0 Å². The smallest absolute Gasteiger partial charge is 0.132 e. The second-order valence-electron chi connectivity index (χ2n) is 8.72. The number of aromatic nitrogens is 2. The maximum absolute atomic E-state index is 5.78. The molecule has 5 nitrogen and oxygen atoms in total. The standard InChI is InChI=1S/C25H31N3O2/c1-6-19-25(27(17-8-9-17)18-10-11-18)24-16(3)7-12-20(28(24)26-19)23-21(29-4)13-15(2)14-22(23)30-5/h7,12-14,17-18H,6,8-11H2,1-5H3. The molecule has 2 aromatic heterocycles. The number of methoxy groups -OCH3 is 2. The van der Waals surface area contributed by atoms with Gasteiger partial charge in [0.15, 0.2) is 0 Å². The van der Waals surface area contributed by atoms with Crippen LogP contribution in [-0.4, -0.2) is 35.9 Å². The molecule has 2 saturated carbocycles. The van der Waals surface area contributed by atoms with Crippen molar-refractivity contribution >= 4 is 11.2 Å². The SMILES string of the molecule is CCc1nn2c(-c3c(OC)cc(C)cc3OC)ccc(C)c2c1N(C1CC1)C1CC1. The zero-order valence-electron chi connectivity index (χ0n) is 18.7. The second-order valence-corrected chi connectivity index (χ2v) is 8.72. The van der Waals surface area contributed by atoms with Crippen LogP contribution < -0.4 is 14.4 Å². The summed E-state index contributed by atoms with van der Waals surface area (Å²) < 4.78 is 13.7. The van der Waals surface area contributed by atoms with Crippen LogP contribution in [0.2, 0.25) is 0 Å². The van der Waals surface area contributed by atoms with E-state index in [1.807, 2.05) is 0 Å². The van der Waals surface area contributed by atoms with Crippen molar-refractivity contribution in [3.8, 4) is 22.8 Å². The molecule has 0 bridgehead atoms. The molecule has 0 unspecified atom stereocenters. The molecule has 0 N–H and O–H groups in total. The Hall–Kier alpha value is -2.69. The van der Waals surface area contributed by atoms with Crippen LogP contribution in [0.15, 0.2) is 24.3 Å². The fraction of sp³-hybridized carbons (Fsp3) is 0.480. The van der Waals surface area contributed by atoms with Gasteiger partial charge in [0.05, 0.1) is 42.4 Å². The highest BCUT2D eigenvalue weighted by atomic mass is 16.5. The quantitative estimate of drug-likeness (QED) is 0.533. The molecule has 5 rings (SSSR count). The lowest BCUT2D eigenvalue weighted by molar-refractivity contribution is 0.396. The molecule has 0 spiro atoms. The minimum absolute atomic E-state index is 0.683. The Morgan fingerprint density at radius 3 is 2.10 bits per heavy atom. The average Bonchev–Trinajstić information content (AvgIpc) is 3.67. The first-order valence-corrected chi connectivity index (χ1v) is 11.1. The monoisotopic (exact) mass is 405 g/mol. The molecule has 0 amide bonds. The van der Waals surface area contributed by atoms with Crippen LogP contribution in [0.5, 0.6) is 11.5 Å². The molecule has 2 aliphatic carbocycles. The Labute approximate surface area is 178 Å². The summed E-state index contributed by atoms with van der Waals surface area (Å²) >= 11 is 0. The van der Waals surface area contributed by atoms with Crippen LogP contribution in [0.4, 0.5) is 5.69 Å². The van der Waals surface area contributed by atoms with Crippen molar-refractivity contribution in [3.05, 3.63) is 41.1 Å². The highest BCUT2D eigenvalue weighted by Crippen LogP contribution is 2.46. The summed E-state index contributed by atoms with van der Waals surface area (Å²) in [5.74, 6) is 1.63. The Morgan fingerprint density at radius 1 is 1.00 bits per heavy atom. The van der Waals surface area contributed by atoms with Gasteiger partial charge in [0.1, 0.15) is 11.5 Å². The first kappa shape index (κ1) is 19.3. The van der Waals surface area contributed by atoms with E-state index in [-0.39, 0.29) is 0 Å². The van der Waals surface area contributed by atoms with Gasteiger partial charge in [-0.15, -0.1) is 0 Å². The number of benzene rings is 1. The summed E-state index contributed by atoms with van der Waals surface area (Å²) in [5.41, 5.74) is 8.11. The van der Waals surface area contributed by atoms with E-state index in [1.54, 1.807) is 14.2 Å². The number of nitrogens with zero attached hydrogens (tertiary/aromatic N) is 3. The van der Waals surface area contributed by atoms with E-state index in [0.717, 1.165) is 34.7 Å². The Bertz CT molecular complexity index is 1070. The number of pyridine rings is 1. The van der Waals surface area contributed by atoms with E-state index < -0.39 is 0 Å². The van der Waals surface area contributed by atoms with Crippen LogP contribution in [-0.2, 0) is 6.42 Å². The number of rotatable bonds is 7. The molecule has 0 radical (unpaired) electrons. The van der Waals surface area contributed by atoms with Crippen molar-refractivity contribution in [1.82, 2.24) is 9.61 Å². The summed E-state index contributed by atoms with van der Waals surface area (Å²) in [4.78, 5) is 2.70. The number of hydrogen-bond donors (Lipinski definition) is 0. The van der Waals surface area contributed by atoms with Crippen LogP contribution in [0.25, 0.3) is 16.8 Å². The third-order valence-corrected chi connectivity index (χ3v) is 6.40. The molecular weight excluding hydrogens is 374 g/mol. The maximum atomic E-state index is 5.78. The molecule has 3 aromatic rings. The minimum Gasteiger partial charge on any atom is -0.496 e. The van der Waals surface area contributed by atoms with Gasteiger partial charge in [-0.25, -0.2) is 4.52 Å². The molecule has 0 aliphatic heterocycles. The summed E-state index contributed by atoms with van der Waals surface area (Å²) in [6, 6.07) is 9.86. The zero-order valence-corrected chi connectivity index (χ0v) is 18.7. The fourth-order valence-electron chi connectivity index (χ4n) is 4.70. The topological polar surface area (TPSA) is 39.0 Å². The van der Waals surface area contributed by atoms with E-state index >= 15 is 0 Å². The number of anilines is 1. The lowest BCUT2D eigenvalue weighted by atomic mass is 10.0. The van der Waals surface area contributed by atoms with Crippen molar-refractivity contribution < 1.29 is 9.47 Å². The maximum Gasteiger partial charge on any atom is 0.132 e. The number of hydrogen-bond acceptors (Lipinski definition) is 4. The molecule has 0 saturated heterocycles. The average molecular weight is 406 g/mol. The Balaban J connectivity index is 1.80. The van der Waals surface area contributed by atoms with E-state index in [4.69, 9.17) is 14.6 Å². The van der Waals surface area contributed by atoms with Crippen molar-refractivity contribution in [2.75, 3.05) is 19.1 Å². The van der Waals surface area contributed by atoms with Gasteiger partial charge < -0.3 is 14.4 Å². The molecular formula is C25H31N3O2. The predicted octanol–water partition coefficient (Wildman–Crippen LogP) is 5.33. The van der Waals surface area contributed by atoms with Crippen molar-refractivity contribution in [1.29, 1.82) is 0 Å². The highest BCUT2D eigenvalue weighted by Gasteiger charge is 2.42. The summed E-state index contributed by atoms with van der Waals surface area (Å²) in [7, 11) is 3.44. The van der Waals surface area contributed by atoms with Crippen LogP contribution >= 0.6 is 0 Å². The van der Waals surface area contributed by atoms with Gasteiger partial charge in [0.25, 0.3) is 0 Å². The predicted molar refractivity (Wildman–Crippen MR) is 121 cm³/mol. The normalized spacial score (nSPS) is 16.2.